The number of carbonyl (C=O) groups excluding carboxylic acids is 1. The second-order valence-electron chi connectivity index (χ2n) is 4.22. The Morgan fingerprint density at radius 2 is 2.12 bits per heavy atom. The van der Waals surface area contributed by atoms with E-state index < -0.39 is 11.5 Å². The first kappa shape index (κ1) is 12.9. The maximum Gasteiger partial charge on any atom is 0.305 e. The molecule has 6 nitrogen and oxygen atoms in total. The molecule has 0 radical (unpaired) electrons. The van der Waals surface area contributed by atoms with Crippen LogP contribution in [0.15, 0.2) is 0 Å². The minimum Gasteiger partial charge on any atom is -0.481 e. The monoisotopic (exact) mass is 229 g/mol. The normalized spacial score (nSPS) is 19.6. The van der Waals surface area contributed by atoms with Crippen LogP contribution < -0.4 is 16.0 Å². The summed E-state index contributed by atoms with van der Waals surface area (Å²) in [4.78, 5) is 22.2. The molecule has 0 spiro atoms. The van der Waals surface area contributed by atoms with E-state index in [2.05, 4.69) is 16.0 Å². The number of aliphatic carboxylic acids is 1. The van der Waals surface area contributed by atoms with Crippen LogP contribution in [-0.4, -0.2) is 48.2 Å². The molecule has 0 aromatic carbocycles. The van der Waals surface area contributed by atoms with E-state index in [0.29, 0.717) is 19.6 Å². The highest BCUT2D eigenvalue weighted by Crippen LogP contribution is 2.16. The van der Waals surface area contributed by atoms with Crippen LogP contribution in [0.3, 0.4) is 0 Å². The highest BCUT2D eigenvalue weighted by molar-refractivity contribution is 5.81. The topological polar surface area (TPSA) is 90.5 Å². The molecule has 1 aliphatic heterocycles. The van der Waals surface area contributed by atoms with Crippen LogP contribution in [0.5, 0.6) is 0 Å². The van der Waals surface area contributed by atoms with Crippen LogP contribution in [0.2, 0.25) is 0 Å². The van der Waals surface area contributed by atoms with Gasteiger partial charge in [-0.2, -0.15) is 0 Å². The van der Waals surface area contributed by atoms with Crippen LogP contribution in [0.4, 0.5) is 0 Å². The SMILES string of the molecule is CCNC(=O)C(C)NC1(CC(=O)O)CNC1. The third-order valence-corrected chi connectivity index (χ3v) is 2.68. The smallest absolute Gasteiger partial charge is 0.305 e. The fraction of sp³-hybridized carbons (Fsp3) is 0.800. The molecule has 1 rings (SSSR count). The summed E-state index contributed by atoms with van der Waals surface area (Å²) in [7, 11) is 0. The van der Waals surface area contributed by atoms with Crippen molar-refractivity contribution in [3.05, 3.63) is 0 Å². The second-order valence-corrected chi connectivity index (χ2v) is 4.22. The third-order valence-electron chi connectivity index (χ3n) is 2.68. The summed E-state index contributed by atoms with van der Waals surface area (Å²) < 4.78 is 0. The molecule has 0 aliphatic carbocycles. The number of carboxylic acids is 1. The number of carbonyl (C=O) groups is 2. The van der Waals surface area contributed by atoms with Crippen LogP contribution in [0.1, 0.15) is 20.3 Å². The average Bonchev–Trinajstić information content (AvgIpc) is 2.13. The summed E-state index contributed by atoms with van der Waals surface area (Å²) >= 11 is 0. The van der Waals surface area contributed by atoms with Crippen molar-refractivity contribution >= 4 is 11.9 Å². The Kier molecular flexibility index (Phi) is 4.26. The third kappa shape index (κ3) is 3.18. The number of likely N-dealkylation sites (N-methyl/N-ethyl adjacent to an activating group) is 1. The van der Waals surface area contributed by atoms with Crippen molar-refractivity contribution in [2.75, 3.05) is 19.6 Å². The Balaban J connectivity index is 2.49. The van der Waals surface area contributed by atoms with Gasteiger partial charge in [-0.25, -0.2) is 0 Å². The highest BCUT2D eigenvalue weighted by atomic mass is 16.4. The van der Waals surface area contributed by atoms with Gasteiger partial charge in [0.2, 0.25) is 5.91 Å². The van der Waals surface area contributed by atoms with Gasteiger partial charge < -0.3 is 15.7 Å². The van der Waals surface area contributed by atoms with Crippen molar-refractivity contribution in [1.82, 2.24) is 16.0 Å². The van der Waals surface area contributed by atoms with Gasteiger partial charge in [-0.3, -0.25) is 14.9 Å². The number of carboxylic acid groups (broad SMARTS) is 1. The van der Waals surface area contributed by atoms with Gasteiger partial charge in [-0.05, 0) is 13.8 Å². The lowest BCUT2D eigenvalue weighted by Gasteiger charge is -2.44. The maximum atomic E-state index is 11.5. The predicted octanol–water partition coefficient (Wildman–Crippen LogP) is -1.08. The Labute approximate surface area is 94.8 Å². The average molecular weight is 229 g/mol. The van der Waals surface area contributed by atoms with E-state index in [1.807, 2.05) is 6.92 Å². The molecular formula is C10H19N3O3. The van der Waals surface area contributed by atoms with Crippen LogP contribution in [-0.2, 0) is 9.59 Å². The molecule has 0 saturated carbocycles. The zero-order chi connectivity index (χ0) is 12.2. The Morgan fingerprint density at radius 3 is 2.50 bits per heavy atom. The summed E-state index contributed by atoms with van der Waals surface area (Å²) in [6.45, 7) is 5.34. The van der Waals surface area contributed by atoms with Gasteiger partial charge in [0.05, 0.1) is 18.0 Å². The molecule has 0 bridgehead atoms. The van der Waals surface area contributed by atoms with Crippen molar-refractivity contribution in [3.8, 4) is 0 Å². The highest BCUT2D eigenvalue weighted by Gasteiger charge is 2.40. The Morgan fingerprint density at radius 1 is 1.50 bits per heavy atom. The van der Waals surface area contributed by atoms with Crippen molar-refractivity contribution in [3.63, 3.8) is 0 Å². The molecular weight excluding hydrogens is 210 g/mol. The molecule has 0 aromatic heterocycles. The van der Waals surface area contributed by atoms with Crippen LogP contribution in [0.25, 0.3) is 0 Å². The fourth-order valence-electron chi connectivity index (χ4n) is 1.85. The standard InChI is InChI=1S/C10H19N3O3/c1-3-12-9(16)7(2)13-10(4-8(14)15)5-11-6-10/h7,11,13H,3-6H2,1-2H3,(H,12,16)(H,14,15). The summed E-state index contributed by atoms with van der Waals surface area (Å²) in [5, 5.41) is 17.6. The fourth-order valence-corrected chi connectivity index (χ4v) is 1.85. The van der Waals surface area contributed by atoms with Gasteiger partial charge in [0, 0.05) is 19.6 Å². The first-order valence-corrected chi connectivity index (χ1v) is 5.47. The first-order valence-electron chi connectivity index (χ1n) is 5.47. The van der Waals surface area contributed by atoms with Crippen molar-refractivity contribution in [2.24, 2.45) is 0 Å². The van der Waals surface area contributed by atoms with E-state index in [-0.39, 0.29) is 18.4 Å². The number of hydrogen-bond acceptors (Lipinski definition) is 4. The van der Waals surface area contributed by atoms with Gasteiger partial charge in [-0.1, -0.05) is 0 Å². The largest absolute Gasteiger partial charge is 0.481 e. The van der Waals surface area contributed by atoms with E-state index in [0.717, 1.165) is 0 Å². The molecule has 92 valence electrons. The molecule has 1 heterocycles. The number of amides is 1. The molecule has 1 amide bonds. The quantitative estimate of drug-likeness (QED) is 0.465. The van der Waals surface area contributed by atoms with Gasteiger partial charge >= 0.3 is 5.97 Å². The number of nitrogens with one attached hydrogen (secondary N) is 3. The lowest BCUT2D eigenvalue weighted by Crippen LogP contribution is -2.71. The molecule has 16 heavy (non-hydrogen) atoms. The molecule has 1 aliphatic rings. The van der Waals surface area contributed by atoms with Crippen molar-refractivity contribution < 1.29 is 14.7 Å². The van der Waals surface area contributed by atoms with E-state index in [1.54, 1.807) is 6.92 Å². The molecule has 1 fully saturated rings. The van der Waals surface area contributed by atoms with E-state index >= 15 is 0 Å². The van der Waals surface area contributed by atoms with Gasteiger partial charge in [-0.15, -0.1) is 0 Å². The number of hydrogen-bond donors (Lipinski definition) is 4. The van der Waals surface area contributed by atoms with Gasteiger partial charge in [0.15, 0.2) is 0 Å². The minimum atomic E-state index is -0.850. The first-order chi connectivity index (χ1) is 7.49. The Hall–Kier alpha value is -1.14. The zero-order valence-electron chi connectivity index (χ0n) is 9.67. The van der Waals surface area contributed by atoms with Gasteiger partial charge in [0.25, 0.3) is 0 Å². The van der Waals surface area contributed by atoms with E-state index in [4.69, 9.17) is 5.11 Å². The van der Waals surface area contributed by atoms with Crippen molar-refractivity contribution in [1.29, 1.82) is 0 Å². The summed E-state index contributed by atoms with van der Waals surface area (Å²) in [5.41, 5.74) is -0.476. The number of rotatable bonds is 6. The van der Waals surface area contributed by atoms with Crippen LogP contribution in [0, 0.1) is 0 Å². The molecule has 0 aromatic rings. The minimum absolute atomic E-state index is 0.0315. The molecule has 4 N–H and O–H groups in total. The Bertz CT molecular complexity index is 276. The zero-order valence-corrected chi connectivity index (χ0v) is 9.67. The molecule has 1 saturated heterocycles. The molecule has 6 heteroatoms. The summed E-state index contributed by atoms with van der Waals surface area (Å²) in [6.07, 6.45) is 0.0315. The predicted molar refractivity (Wildman–Crippen MR) is 59.1 cm³/mol. The van der Waals surface area contributed by atoms with Crippen LogP contribution >= 0.6 is 0 Å². The molecule has 1 unspecified atom stereocenters. The maximum absolute atomic E-state index is 11.5. The van der Waals surface area contributed by atoms with Gasteiger partial charge in [0.1, 0.15) is 0 Å². The second kappa shape index (κ2) is 5.27. The van der Waals surface area contributed by atoms with E-state index in [9.17, 15) is 9.59 Å². The summed E-state index contributed by atoms with van der Waals surface area (Å²) in [6, 6.07) is -0.374. The van der Waals surface area contributed by atoms with Crippen molar-refractivity contribution in [2.45, 2.75) is 31.8 Å². The lowest BCUT2D eigenvalue weighted by molar-refractivity contribution is -0.140. The summed E-state index contributed by atoms with van der Waals surface area (Å²) in [5.74, 6) is -0.948. The lowest BCUT2D eigenvalue weighted by atomic mass is 9.87. The molecule has 1 atom stereocenters. The van der Waals surface area contributed by atoms with E-state index in [1.165, 1.54) is 0 Å².